The Labute approximate surface area is 127 Å². The van der Waals surface area contributed by atoms with Gasteiger partial charge in [0.15, 0.2) is 15.8 Å². The van der Waals surface area contributed by atoms with Crippen LogP contribution in [0.2, 0.25) is 0 Å². The smallest absolute Gasteiger partial charge is 0.280 e. The van der Waals surface area contributed by atoms with Crippen molar-refractivity contribution < 1.29 is 13.2 Å². The van der Waals surface area contributed by atoms with Gasteiger partial charge in [-0.2, -0.15) is 10.1 Å². The number of hydrogen-bond acceptors (Lipinski definition) is 4. The normalized spacial score (nSPS) is 11.2. The van der Waals surface area contributed by atoms with Crippen LogP contribution in [-0.2, 0) is 9.84 Å². The molecule has 0 fully saturated rings. The topological polar surface area (TPSA) is 133 Å². The third-order valence-corrected chi connectivity index (χ3v) is 4.04. The molecule has 4 N–H and O–H groups in total. The molecule has 0 saturated heterocycles. The second kappa shape index (κ2) is 5.60. The third-order valence-electron chi connectivity index (χ3n) is 2.92. The summed E-state index contributed by atoms with van der Waals surface area (Å²) in [7, 11) is -3.58. The van der Waals surface area contributed by atoms with E-state index in [-0.39, 0.29) is 16.4 Å². The Hall–Kier alpha value is -2.68. The molecule has 1 amide bonds. The summed E-state index contributed by atoms with van der Waals surface area (Å²) >= 11 is 0. The maximum atomic E-state index is 12.0. The van der Waals surface area contributed by atoms with Crippen LogP contribution in [0.3, 0.4) is 0 Å². The van der Waals surface area contributed by atoms with Crippen molar-refractivity contribution in [1.82, 2.24) is 9.78 Å². The average Bonchev–Trinajstić information content (AvgIpc) is 2.89. The largest absolute Gasteiger partial charge is 0.370 e. The van der Waals surface area contributed by atoms with Gasteiger partial charge in [-0.25, -0.2) is 13.1 Å². The molecule has 0 aliphatic heterocycles. The van der Waals surface area contributed by atoms with Crippen LogP contribution in [-0.4, -0.2) is 36.3 Å². The van der Waals surface area contributed by atoms with E-state index in [1.54, 1.807) is 25.3 Å². The summed E-state index contributed by atoms with van der Waals surface area (Å²) < 4.78 is 25.5. The van der Waals surface area contributed by atoms with Crippen molar-refractivity contribution in [3.05, 3.63) is 41.7 Å². The SMILES string of the molecule is Cc1cc(-n2cccn2)c(S(C)(=O)=O)cc1C(=O)N=C(N)N. The number of amides is 1. The molecule has 0 aliphatic carbocycles. The second-order valence-electron chi connectivity index (χ2n) is 4.70. The summed E-state index contributed by atoms with van der Waals surface area (Å²) in [6.07, 6.45) is 4.19. The van der Waals surface area contributed by atoms with Crippen molar-refractivity contribution in [2.45, 2.75) is 11.8 Å². The van der Waals surface area contributed by atoms with Crippen molar-refractivity contribution in [2.75, 3.05) is 6.26 Å². The maximum absolute atomic E-state index is 12.0. The maximum Gasteiger partial charge on any atom is 0.280 e. The highest BCUT2D eigenvalue weighted by molar-refractivity contribution is 7.90. The van der Waals surface area contributed by atoms with Crippen LogP contribution in [0.15, 0.2) is 40.5 Å². The number of aromatic nitrogens is 2. The number of hydrogen-bond donors (Lipinski definition) is 2. The van der Waals surface area contributed by atoms with Crippen LogP contribution in [0.1, 0.15) is 15.9 Å². The number of carbonyl (C=O) groups excluding carboxylic acids is 1. The fourth-order valence-electron chi connectivity index (χ4n) is 1.97. The van der Waals surface area contributed by atoms with Crippen molar-refractivity contribution in [3.63, 3.8) is 0 Å². The van der Waals surface area contributed by atoms with E-state index >= 15 is 0 Å². The molecule has 116 valence electrons. The molecular weight excluding hydrogens is 306 g/mol. The van der Waals surface area contributed by atoms with Gasteiger partial charge < -0.3 is 11.5 Å². The van der Waals surface area contributed by atoms with Crippen LogP contribution >= 0.6 is 0 Å². The first-order valence-corrected chi connectivity index (χ1v) is 8.08. The lowest BCUT2D eigenvalue weighted by Crippen LogP contribution is -2.24. The van der Waals surface area contributed by atoms with E-state index in [2.05, 4.69) is 10.1 Å². The van der Waals surface area contributed by atoms with Gasteiger partial charge in [0.25, 0.3) is 5.91 Å². The summed E-state index contributed by atoms with van der Waals surface area (Å²) in [5, 5.41) is 4.02. The lowest BCUT2D eigenvalue weighted by Gasteiger charge is -2.12. The number of carbonyl (C=O) groups is 1. The Morgan fingerprint density at radius 1 is 1.32 bits per heavy atom. The molecule has 0 saturated carbocycles. The number of aryl methyl sites for hydroxylation is 1. The van der Waals surface area contributed by atoms with Gasteiger partial charge in [0.2, 0.25) is 0 Å². The lowest BCUT2D eigenvalue weighted by molar-refractivity contribution is 0.100. The van der Waals surface area contributed by atoms with Gasteiger partial charge >= 0.3 is 0 Å². The fourth-order valence-corrected chi connectivity index (χ4v) is 2.83. The molecule has 1 heterocycles. The molecule has 0 radical (unpaired) electrons. The van der Waals surface area contributed by atoms with Gasteiger partial charge in [-0.15, -0.1) is 0 Å². The Balaban J connectivity index is 2.73. The van der Waals surface area contributed by atoms with E-state index in [9.17, 15) is 13.2 Å². The van der Waals surface area contributed by atoms with Crippen molar-refractivity contribution in [3.8, 4) is 5.69 Å². The molecule has 2 rings (SSSR count). The van der Waals surface area contributed by atoms with E-state index in [4.69, 9.17) is 11.5 Å². The molecule has 22 heavy (non-hydrogen) atoms. The number of rotatable bonds is 3. The van der Waals surface area contributed by atoms with Crippen LogP contribution in [0.4, 0.5) is 0 Å². The molecule has 1 aromatic heterocycles. The number of nitrogens with two attached hydrogens (primary N) is 2. The van der Waals surface area contributed by atoms with Crippen LogP contribution in [0.25, 0.3) is 5.69 Å². The molecule has 1 aromatic carbocycles. The molecule has 8 nitrogen and oxygen atoms in total. The molecule has 0 atom stereocenters. The monoisotopic (exact) mass is 321 g/mol. The summed E-state index contributed by atoms with van der Waals surface area (Å²) in [6, 6.07) is 4.48. The molecule has 0 unspecified atom stereocenters. The zero-order chi connectivity index (χ0) is 16.5. The molecule has 2 aromatic rings. The van der Waals surface area contributed by atoms with E-state index in [0.717, 1.165) is 6.26 Å². The van der Waals surface area contributed by atoms with Crippen LogP contribution in [0.5, 0.6) is 0 Å². The predicted molar refractivity (Wildman–Crippen MR) is 81.6 cm³/mol. The van der Waals surface area contributed by atoms with E-state index < -0.39 is 15.7 Å². The Morgan fingerprint density at radius 2 is 2.00 bits per heavy atom. The third kappa shape index (κ3) is 3.14. The molecule has 0 bridgehead atoms. The first-order chi connectivity index (χ1) is 10.2. The van der Waals surface area contributed by atoms with Crippen LogP contribution < -0.4 is 11.5 Å². The molecule has 0 aliphatic rings. The first-order valence-electron chi connectivity index (χ1n) is 6.19. The Bertz CT molecular complexity index is 850. The first kappa shape index (κ1) is 15.7. The van der Waals surface area contributed by atoms with E-state index in [1.807, 2.05) is 0 Å². The number of nitrogens with zero attached hydrogens (tertiary/aromatic N) is 3. The number of aliphatic imine (C=N–C) groups is 1. The van der Waals surface area contributed by atoms with Gasteiger partial charge in [-0.05, 0) is 30.7 Å². The van der Waals surface area contributed by atoms with E-state index in [1.165, 1.54) is 16.9 Å². The van der Waals surface area contributed by atoms with Gasteiger partial charge in [-0.1, -0.05) is 0 Å². The highest BCUT2D eigenvalue weighted by atomic mass is 32.2. The van der Waals surface area contributed by atoms with Gasteiger partial charge in [0.1, 0.15) is 0 Å². The van der Waals surface area contributed by atoms with Crippen molar-refractivity contribution in [1.29, 1.82) is 0 Å². The van der Waals surface area contributed by atoms with Crippen molar-refractivity contribution >= 4 is 21.7 Å². The molecular formula is C13H15N5O3S. The molecule has 0 spiro atoms. The number of benzene rings is 1. The lowest BCUT2D eigenvalue weighted by atomic mass is 10.1. The quantitative estimate of drug-likeness (QED) is 0.603. The minimum Gasteiger partial charge on any atom is -0.370 e. The summed E-state index contributed by atoms with van der Waals surface area (Å²) in [6.45, 7) is 1.66. The summed E-state index contributed by atoms with van der Waals surface area (Å²) in [5.74, 6) is -1.09. The standard InChI is InChI=1S/C13H15N5O3S/c1-8-6-10(18-5-3-4-16-18)11(22(2,20)21)7-9(8)12(19)17-13(14)15/h3-7H,1-2H3,(H4,14,15,17,19). The highest BCUT2D eigenvalue weighted by Gasteiger charge is 2.20. The summed E-state index contributed by atoms with van der Waals surface area (Å²) in [4.78, 5) is 15.4. The minimum atomic E-state index is -3.58. The number of sulfone groups is 1. The van der Waals surface area contributed by atoms with Crippen LogP contribution in [0, 0.1) is 6.92 Å². The zero-order valence-corrected chi connectivity index (χ0v) is 12.8. The Morgan fingerprint density at radius 3 is 2.50 bits per heavy atom. The van der Waals surface area contributed by atoms with E-state index in [0.29, 0.717) is 11.3 Å². The second-order valence-corrected chi connectivity index (χ2v) is 6.68. The van der Waals surface area contributed by atoms with Gasteiger partial charge in [0.05, 0.1) is 10.6 Å². The Kier molecular flexibility index (Phi) is 4.00. The average molecular weight is 321 g/mol. The fraction of sp³-hybridized carbons (Fsp3) is 0.154. The number of guanidine groups is 1. The highest BCUT2D eigenvalue weighted by Crippen LogP contribution is 2.24. The predicted octanol–water partition coefficient (Wildman–Crippen LogP) is -0.00218. The minimum absolute atomic E-state index is 0.0315. The van der Waals surface area contributed by atoms with Gasteiger partial charge in [-0.3, -0.25) is 4.79 Å². The molecule has 9 heteroatoms. The summed E-state index contributed by atoms with van der Waals surface area (Å²) in [5.41, 5.74) is 11.4. The van der Waals surface area contributed by atoms with Gasteiger partial charge in [0, 0.05) is 24.2 Å². The van der Waals surface area contributed by atoms with Crippen molar-refractivity contribution in [2.24, 2.45) is 16.5 Å². The zero-order valence-electron chi connectivity index (χ0n) is 12.0.